The van der Waals surface area contributed by atoms with Crippen LogP contribution in [-0.4, -0.2) is 48.2 Å². The molecule has 8 nitrogen and oxygen atoms in total. The van der Waals surface area contributed by atoms with Crippen molar-refractivity contribution in [3.05, 3.63) is 69.8 Å². The molecule has 4 rings (SSSR count). The zero-order valence-electron chi connectivity index (χ0n) is 28.3. The Morgan fingerprint density at radius 2 is 1.63 bits per heavy atom. The van der Waals surface area contributed by atoms with Crippen molar-refractivity contribution >= 4 is 23.5 Å². The minimum absolute atomic E-state index is 0.0149. The van der Waals surface area contributed by atoms with E-state index in [1.54, 1.807) is 12.1 Å². The van der Waals surface area contributed by atoms with Crippen LogP contribution in [-0.2, 0) is 38.0 Å². The van der Waals surface area contributed by atoms with E-state index < -0.39 is 64.8 Å². The molecule has 1 aliphatic carbocycles. The van der Waals surface area contributed by atoms with Crippen molar-refractivity contribution in [3.63, 3.8) is 0 Å². The van der Waals surface area contributed by atoms with Gasteiger partial charge in [-0.05, 0) is 98.1 Å². The Kier molecular flexibility index (Phi) is 10.4. The maximum absolute atomic E-state index is 13.6. The summed E-state index contributed by atoms with van der Waals surface area (Å²) in [6.07, 6.45) is -10.5. The highest BCUT2D eigenvalue weighted by molar-refractivity contribution is 5.86. The van der Waals surface area contributed by atoms with Gasteiger partial charge in [-0.2, -0.15) is 26.3 Å². The van der Waals surface area contributed by atoms with Crippen LogP contribution in [0.25, 0.3) is 5.57 Å². The fraction of sp³-hybridized carbons (Fsp3) is 0.514. The molecule has 0 radical (unpaired) electrons. The Hall–Kier alpha value is -4.23. The number of cyclic esters (lactones) is 1. The molecular weight excluding hydrogens is 658 g/mol. The number of carbonyl (C=O) groups is 3. The van der Waals surface area contributed by atoms with Gasteiger partial charge in [-0.1, -0.05) is 19.9 Å². The van der Waals surface area contributed by atoms with Crippen molar-refractivity contribution < 1.29 is 54.9 Å². The number of hydrogen-bond donors (Lipinski definition) is 1. The Balaban J connectivity index is 1.68. The summed E-state index contributed by atoms with van der Waals surface area (Å²) >= 11 is 0. The van der Waals surface area contributed by atoms with Crippen LogP contribution in [0.2, 0.25) is 0 Å². The summed E-state index contributed by atoms with van der Waals surface area (Å²) in [7, 11) is 1.50. The largest absolute Gasteiger partial charge is 0.496 e. The van der Waals surface area contributed by atoms with E-state index in [4.69, 9.17) is 14.2 Å². The molecule has 1 saturated heterocycles. The van der Waals surface area contributed by atoms with Crippen molar-refractivity contribution in [3.8, 4) is 5.75 Å². The number of hydrogen-bond acceptors (Lipinski definition) is 6. The monoisotopic (exact) mass is 698 g/mol. The van der Waals surface area contributed by atoms with E-state index in [1.807, 2.05) is 6.07 Å². The summed E-state index contributed by atoms with van der Waals surface area (Å²) in [5.74, 6) is -0.574. The average molecular weight is 699 g/mol. The summed E-state index contributed by atoms with van der Waals surface area (Å²) in [6.45, 7) is 9.92. The number of carbonyl (C=O) groups excluding carboxylic acids is 3. The third-order valence-corrected chi connectivity index (χ3v) is 8.85. The molecule has 0 unspecified atom stereocenters. The standard InChI is InChI=1S/C35H40F6N2O6/c1-19-29(22-13-24(34(36,37)38)15-25(14-22)35(39,40)41)48-31(46)43(19)18-23-16-32(3,4)11-10-26(23)27-12-21(8-9-28(27)47-7)17-42-30(45)33(5,6)49-20(2)44/h8-9,12-15,19,29H,10-11,16-18H2,1-7H3,(H,42,45)/t19-,29-/m0/s1. The Morgan fingerprint density at radius 3 is 2.18 bits per heavy atom. The molecule has 0 spiro atoms. The molecule has 2 atom stereocenters. The van der Waals surface area contributed by atoms with Gasteiger partial charge < -0.3 is 19.5 Å². The van der Waals surface area contributed by atoms with Crippen molar-refractivity contribution in [1.29, 1.82) is 0 Å². The fourth-order valence-corrected chi connectivity index (χ4v) is 6.30. The van der Waals surface area contributed by atoms with Crippen LogP contribution in [0.5, 0.6) is 5.75 Å². The van der Waals surface area contributed by atoms with Crippen molar-refractivity contribution in [1.82, 2.24) is 10.2 Å². The number of allylic oxidation sites excluding steroid dienone is 1. The molecule has 49 heavy (non-hydrogen) atoms. The smallest absolute Gasteiger partial charge is 0.416 e. The number of esters is 1. The Labute approximate surface area is 280 Å². The first-order valence-electron chi connectivity index (χ1n) is 15.6. The number of rotatable bonds is 9. The molecule has 0 bridgehead atoms. The number of ether oxygens (including phenoxy) is 3. The average Bonchev–Trinajstić information content (AvgIpc) is 3.26. The molecule has 2 aromatic carbocycles. The number of nitrogens with zero attached hydrogens (tertiary/aromatic N) is 1. The number of nitrogens with one attached hydrogen (secondary N) is 1. The number of amides is 2. The quantitative estimate of drug-likeness (QED) is 0.210. The zero-order valence-corrected chi connectivity index (χ0v) is 28.3. The van der Waals surface area contributed by atoms with Crippen LogP contribution in [0.1, 0.15) is 94.7 Å². The van der Waals surface area contributed by atoms with Crippen molar-refractivity contribution in [2.24, 2.45) is 5.41 Å². The van der Waals surface area contributed by atoms with Crippen LogP contribution < -0.4 is 10.1 Å². The van der Waals surface area contributed by atoms with Crippen molar-refractivity contribution in [2.75, 3.05) is 13.7 Å². The van der Waals surface area contributed by atoms with Crippen LogP contribution >= 0.6 is 0 Å². The highest BCUT2D eigenvalue weighted by atomic mass is 19.4. The lowest BCUT2D eigenvalue weighted by Gasteiger charge is -2.36. The van der Waals surface area contributed by atoms with E-state index in [9.17, 15) is 40.7 Å². The molecule has 14 heteroatoms. The highest BCUT2D eigenvalue weighted by Crippen LogP contribution is 2.46. The predicted octanol–water partition coefficient (Wildman–Crippen LogP) is 8.24. The van der Waals surface area contributed by atoms with Gasteiger partial charge in [0.15, 0.2) is 5.60 Å². The molecule has 1 N–H and O–H groups in total. The highest BCUT2D eigenvalue weighted by Gasteiger charge is 2.44. The van der Waals surface area contributed by atoms with Gasteiger partial charge in [-0.15, -0.1) is 0 Å². The fourth-order valence-electron chi connectivity index (χ4n) is 6.30. The minimum atomic E-state index is -5.05. The van der Waals surface area contributed by atoms with Crippen LogP contribution in [0, 0.1) is 5.41 Å². The van der Waals surface area contributed by atoms with Crippen LogP contribution in [0.15, 0.2) is 42.0 Å². The molecule has 2 amide bonds. The second-order valence-corrected chi connectivity index (χ2v) is 13.8. The van der Waals surface area contributed by atoms with Gasteiger partial charge in [0.05, 0.1) is 24.3 Å². The van der Waals surface area contributed by atoms with Gasteiger partial charge in [0, 0.05) is 25.6 Å². The maximum Gasteiger partial charge on any atom is 0.416 e. The topological polar surface area (TPSA) is 94.2 Å². The molecule has 2 aliphatic rings. The van der Waals surface area contributed by atoms with E-state index in [0.717, 1.165) is 17.6 Å². The molecule has 268 valence electrons. The maximum atomic E-state index is 13.6. The van der Waals surface area contributed by atoms with Gasteiger partial charge in [-0.25, -0.2) is 4.79 Å². The summed E-state index contributed by atoms with van der Waals surface area (Å²) in [5, 5.41) is 2.77. The lowest BCUT2D eigenvalue weighted by atomic mass is 9.72. The zero-order chi connectivity index (χ0) is 36.7. The van der Waals surface area contributed by atoms with E-state index >= 15 is 0 Å². The van der Waals surface area contributed by atoms with E-state index in [0.29, 0.717) is 41.9 Å². The van der Waals surface area contributed by atoms with Gasteiger partial charge in [-0.3, -0.25) is 14.5 Å². The molecule has 0 aromatic heterocycles. The Morgan fingerprint density at radius 1 is 1.02 bits per heavy atom. The van der Waals surface area contributed by atoms with Gasteiger partial charge in [0.25, 0.3) is 5.91 Å². The number of alkyl halides is 6. The molecule has 0 saturated carbocycles. The summed E-state index contributed by atoms with van der Waals surface area (Å²) < 4.78 is 97.8. The van der Waals surface area contributed by atoms with Gasteiger partial charge in [0.1, 0.15) is 11.9 Å². The first-order chi connectivity index (χ1) is 22.5. The third-order valence-electron chi connectivity index (χ3n) is 8.85. The Bertz CT molecular complexity index is 1610. The second-order valence-electron chi connectivity index (χ2n) is 13.8. The molecular formula is C35H40F6N2O6. The second kappa shape index (κ2) is 13.6. The summed E-state index contributed by atoms with van der Waals surface area (Å²) in [4.78, 5) is 38.7. The van der Waals surface area contributed by atoms with Crippen molar-refractivity contribution in [2.45, 2.75) is 97.4 Å². The minimum Gasteiger partial charge on any atom is -0.496 e. The third kappa shape index (κ3) is 8.69. The molecule has 2 aromatic rings. The van der Waals surface area contributed by atoms with Gasteiger partial charge >= 0.3 is 24.4 Å². The number of methoxy groups -OCH3 is 1. The van der Waals surface area contributed by atoms with E-state index in [-0.39, 0.29) is 24.6 Å². The summed E-state index contributed by atoms with van der Waals surface area (Å²) in [5.41, 5.74) is -1.85. The predicted molar refractivity (Wildman–Crippen MR) is 167 cm³/mol. The molecule has 1 heterocycles. The van der Waals surface area contributed by atoms with Gasteiger partial charge in [0.2, 0.25) is 0 Å². The first kappa shape index (κ1) is 37.6. The van der Waals surface area contributed by atoms with E-state index in [1.165, 1.54) is 39.7 Å². The first-order valence-corrected chi connectivity index (χ1v) is 15.6. The molecule has 1 fully saturated rings. The lowest BCUT2D eigenvalue weighted by Crippen LogP contribution is -2.44. The van der Waals surface area contributed by atoms with E-state index in [2.05, 4.69) is 19.2 Å². The normalized spacial score (nSPS) is 19.9. The SMILES string of the molecule is COc1ccc(CNC(=O)C(C)(C)OC(C)=O)cc1C1=C(CN2C(=O)O[C@H](c3cc(C(F)(F)F)cc(C(F)(F)F)c3)[C@@H]2C)CC(C)(C)CC1. The lowest BCUT2D eigenvalue weighted by molar-refractivity contribution is -0.163. The van der Waals surface area contributed by atoms with Crippen LogP contribution in [0.4, 0.5) is 31.1 Å². The molecule has 1 aliphatic heterocycles. The van der Waals surface area contributed by atoms with Crippen LogP contribution in [0.3, 0.4) is 0 Å². The number of benzene rings is 2. The number of halogens is 6. The summed E-state index contributed by atoms with van der Waals surface area (Å²) in [6, 6.07) is 5.67.